The van der Waals surface area contributed by atoms with Gasteiger partial charge in [0.05, 0.1) is 70.8 Å². The predicted molar refractivity (Wildman–Crippen MR) is 303 cm³/mol. The first-order chi connectivity index (χ1) is 36.7. The molecule has 0 amide bonds. The fourth-order valence-corrected chi connectivity index (χ4v) is 9.02. The van der Waals surface area contributed by atoms with Gasteiger partial charge < -0.3 is 42.6 Å². The molecule has 0 saturated carbocycles. The van der Waals surface area contributed by atoms with E-state index in [4.69, 9.17) is 42.6 Å². The first-order valence-corrected chi connectivity index (χ1v) is 30.0. The molecule has 0 aliphatic carbocycles. The van der Waals surface area contributed by atoms with Gasteiger partial charge in [0.15, 0.2) is 23.0 Å². The van der Waals surface area contributed by atoms with Crippen molar-refractivity contribution in [2.45, 2.75) is 220 Å². The number of hydrogen-bond acceptors (Lipinski definition) is 11. The van der Waals surface area contributed by atoms with Gasteiger partial charge in [-0.1, -0.05) is 194 Å². The molecule has 418 valence electrons. The molecule has 4 rings (SSSR count). The summed E-state index contributed by atoms with van der Waals surface area (Å²) >= 11 is 0. The molecule has 0 atom stereocenters. The molecule has 11 heteroatoms. The van der Waals surface area contributed by atoms with Crippen LogP contribution in [0.1, 0.15) is 219 Å². The topological polar surface area (TPSA) is 108 Å². The van der Waals surface area contributed by atoms with Crippen molar-refractivity contribution in [3.63, 3.8) is 0 Å². The molecular weight excluding hydrogens is 929 g/mol. The van der Waals surface area contributed by atoms with Crippen LogP contribution < -0.4 is 28.4 Å². The molecule has 3 aromatic carbocycles. The smallest absolute Gasteiger partial charge is 0.203 e. The fraction of sp³-hybridized carbons (Fsp3) is 0.714. The van der Waals surface area contributed by atoms with Crippen molar-refractivity contribution >= 4 is 11.4 Å². The maximum atomic E-state index is 6.66. The molecule has 11 nitrogen and oxygen atoms in total. The lowest BCUT2D eigenvalue weighted by Crippen LogP contribution is -2.13. The molecule has 0 aromatic heterocycles. The molecule has 0 saturated heterocycles. The zero-order chi connectivity index (χ0) is 52.0. The second kappa shape index (κ2) is 44.1. The van der Waals surface area contributed by atoms with E-state index < -0.39 is 0 Å². The van der Waals surface area contributed by atoms with Crippen LogP contribution >= 0.6 is 0 Å². The third-order valence-corrected chi connectivity index (χ3v) is 13.5. The summed E-state index contributed by atoms with van der Waals surface area (Å²) in [5.74, 6) is 4.17. The normalized spacial score (nSPS) is 13.7. The third kappa shape index (κ3) is 30.5. The lowest BCUT2D eigenvalue weighted by atomic mass is 10.1. The lowest BCUT2D eigenvalue weighted by Gasteiger charge is -2.19. The Balaban J connectivity index is 1.40. The standard InChI is InChI=1S/C63H102N2O9/c1-4-7-10-13-16-19-22-25-28-31-40-69-61-51-55(52-62(70-41-32-29-26-23-20-17-14-11-8-5-2)63(61)73-42-33-30-27-24-21-18-15-12-9-6-3)54-74-58-37-34-56(35-38-58)64-65-57-36-39-59-60(53-57)72-50-48-68-46-44-66-43-45-67-47-49-71-59/h34-39,51-53H,4-33,40-50,54H2,1-3H3. The van der Waals surface area contributed by atoms with E-state index in [0.717, 1.165) is 47.8 Å². The summed E-state index contributed by atoms with van der Waals surface area (Å²) in [4.78, 5) is 0. The molecule has 1 heterocycles. The number of azo groups is 1. The summed E-state index contributed by atoms with van der Waals surface area (Å²) in [6.45, 7) is 12.8. The van der Waals surface area contributed by atoms with Crippen LogP contribution in [-0.4, -0.2) is 72.7 Å². The Morgan fingerprint density at radius 1 is 0.351 bits per heavy atom. The summed E-state index contributed by atoms with van der Waals surface area (Å²) in [7, 11) is 0. The highest BCUT2D eigenvalue weighted by Gasteiger charge is 2.17. The van der Waals surface area contributed by atoms with Gasteiger partial charge in [-0.3, -0.25) is 0 Å². The average molecular weight is 1030 g/mol. The van der Waals surface area contributed by atoms with Crippen molar-refractivity contribution in [1.82, 2.24) is 0 Å². The largest absolute Gasteiger partial charge is 0.490 e. The van der Waals surface area contributed by atoms with Gasteiger partial charge in [-0.25, -0.2) is 0 Å². The van der Waals surface area contributed by atoms with Crippen LogP contribution in [0.3, 0.4) is 0 Å². The van der Waals surface area contributed by atoms with Crippen molar-refractivity contribution in [1.29, 1.82) is 0 Å². The maximum Gasteiger partial charge on any atom is 0.203 e. The fourth-order valence-electron chi connectivity index (χ4n) is 9.02. The number of ether oxygens (including phenoxy) is 9. The van der Waals surface area contributed by atoms with Crippen molar-refractivity contribution in [3.8, 4) is 34.5 Å². The van der Waals surface area contributed by atoms with Gasteiger partial charge in [-0.2, -0.15) is 10.2 Å². The Labute approximate surface area is 449 Å². The van der Waals surface area contributed by atoms with Crippen LogP contribution in [0.4, 0.5) is 11.4 Å². The molecular formula is C63H102N2O9. The monoisotopic (exact) mass is 1030 g/mol. The number of nitrogens with zero attached hydrogens (tertiary/aromatic N) is 2. The number of benzene rings is 3. The van der Waals surface area contributed by atoms with E-state index in [9.17, 15) is 0 Å². The molecule has 0 unspecified atom stereocenters. The predicted octanol–water partition coefficient (Wildman–Crippen LogP) is 18.4. The van der Waals surface area contributed by atoms with Crippen molar-refractivity contribution in [2.24, 2.45) is 10.2 Å². The van der Waals surface area contributed by atoms with Gasteiger partial charge in [-0.15, -0.1) is 0 Å². The van der Waals surface area contributed by atoms with Crippen LogP contribution in [0.5, 0.6) is 34.5 Å². The van der Waals surface area contributed by atoms with E-state index in [1.165, 1.54) is 173 Å². The molecule has 0 fully saturated rings. The van der Waals surface area contributed by atoms with Crippen molar-refractivity contribution in [3.05, 3.63) is 60.2 Å². The Bertz CT molecular complexity index is 1760. The van der Waals surface area contributed by atoms with Gasteiger partial charge in [0.25, 0.3) is 0 Å². The molecule has 0 N–H and O–H groups in total. The van der Waals surface area contributed by atoms with E-state index in [-0.39, 0.29) is 0 Å². The van der Waals surface area contributed by atoms with Gasteiger partial charge in [0.2, 0.25) is 5.75 Å². The number of fused-ring (bicyclic) bond motifs is 1. The van der Waals surface area contributed by atoms with Crippen LogP contribution in [0.15, 0.2) is 64.8 Å². The van der Waals surface area contributed by atoms with E-state index in [2.05, 4.69) is 43.1 Å². The maximum absolute atomic E-state index is 6.66. The van der Waals surface area contributed by atoms with E-state index in [0.29, 0.717) is 102 Å². The molecule has 0 radical (unpaired) electrons. The number of unbranched alkanes of at least 4 members (excludes halogenated alkanes) is 27. The van der Waals surface area contributed by atoms with Gasteiger partial charge >= 0.3 is 0 Å². The van der Waals surface area contributed by atoms with E-state index in [1.807, 2.05) is 42.5 Å². The molecule has 0 spiro atoms. The zero-order valence-corrected chi connectivity index (χ0v) is 47.0. The molecule has 1 aliphatic heterocycles. The second-order valence-corrected chi connectivity index (χ2v) is 20.2. The Kier molecular flexibility index (Phi) is 37.2. The van der Waals surface area contributed by atoms with E-state index >= 15 is 0 Å². The quantitative estimate of drug-likeness (QED) is 0.0405. The number of hydrogen-bond donors (Lipinski definition) is 0. The number of rotatable bonds is 41. The molecule has 1 aliphatic rings. The Hall–Kier alpha value is -4.06. The lowest BCUT2D eigenvalue weighted by molar-refractivity contribution is 0.00708. The van der Waals surface area contributed by atoms with Crippen LogP contribution in [-0.2, 0) is 20.8 Å². The third-order valence-electron chi connectivity index (χ3n) is 13.5. The minimum atomic E-state index is 0.352. The summed E-state index contributed by atoms with van der Waals surface area (Å²) in [6.07, 6.45) is 38.6. The highest BCUT2D eigenvalue weighted by molar-refractivity contribution is 5.54. The zero-order valence-electron chi connectivity index (χ0n) is 47.0. The van der Waals surface area contributed by atoms with Gasteiger partial charge in [0.1, 0.15) is 25.6 Å². The minimum absolute atomic E-state index is 0.352. The minimum Gasteiger partial charge on any atom is -0.490 e. The SMILES string of the molecule is CCCCCCCCCCCCOc1cc(COc2ccc(N=Nc3ccc4c(c3)OCCOCCOCCOCCO4)cc2)cc(OCCCCCCCCCCCC)c1OCCCCCCCCCCCC. The van der Waals surface area contributed by atoms with Crippen molar-refractivity contribution in [2.75, 3.05) is 72.7 Å². The summed E-state index contributed by atoms with van der Waals surface area (Å²) in [5.41, 5.74) is 2.32. The summed E-state index contributed by atoms with van der Waals surface area (Å²) in [5, 5.41) is 9.04. The highest BCUT2D eigenvalue weighted by atomic mass is 16.6. The van der Waals surface area contributed by atoms with Gasteiger partial charge in [-0.05, 0) is 73.4 Å². The van der Waals surface area contributed by atoms with Crippen molar-refractivity contribution < 1.29 is 42.6 Å². The molecule has 74 heavy (non-hydrogen) atoms. The highest BCUT2D eigenvalue weighted by Crippen LogP contribution is 2.40. The first-order valence-electron chi connectivity index (χ1n) is 30.0. The van der Waals surface area contributed by atoms with E-state index in [1.54, 1.807) is 0 Å². The van der Waals surface area contributed by atoms with Crippen LogP contribution in [0.25, 0.3) is 0 Å². The van der Waals surface area contributed by atoms with Gasteiger partial charge in [0, 0.05) is 6.07 Å². The Morgan fingerprint density at radius 3 is 1.16 bits per heavy atom. The van der Waals surface area contributed by atoms with Crippen LogP contribution in [0, 0.1) is 0 Å². The second-order valence-electron chi connectivity index (χ2n) is 20.2. The summed E-state index contributed by atoms with van der Waals surface area (Å²) < 4.78 is 55.1. The molecule has 0 bridgehead atoms. The molecule has 3 aromatic rings. The average Bonchev–Trinajstić information content (AvgIpc) is 3.43. The first kappa shape index (κ1) is 62.5. The Morgan fingerprint density at radius 2 is 0.716 bits per heavy atom. The van der Waals surface area contributed by atoms with Crippen LogP contribution in [0.2, 0.25) is 0 Å². The summed E-state index contributed by atoms with van der Waals surface area (Å²) in [6, 6.07) is 17.4.